The monoisotopic (exact) mass is 710 g/mol. The Morgan fingerprint density at radius 2 is 0.691 bits per heavy atom. The molecular weight excluding hydrogens is 669 g/mol. The maximum Gasteiger partial charge on any atom is 0.164 e. The minimum atomic E-state index is 0.640. The summed E-state index contributed by atoms with van der Waals surface area (Å²) in [5.74, 6) is 1.94. The van der Waals surface area contributed by atoms with Crippen molar-refractivity contribution in [1.29, 1.82) is 0 Å². The number of aromatic nitrogens is 4. The molecule has 9 rings (SSSR count). The van der Waals surface area contributed by atoms with E-state index < -0.39 is 0 Å². The summed E-state index contributed by atoms with van der Waals surface area (Å²) >= 11 is 0. The minimum absolute atomic E-state index is 0.640. The van der Waals surface area contributed by atoms with Crippen molar-refractivity contribution in [2.24, 2.45) is 0 Å². The van der Waals surface area contributed by atoms with Gasteiger partial charge in [-0.3, -0.25) is 0 Å². The van der Waals surface area contributed by atoms with Crippen molar-refractivity contribution in [3.63, 3.8) is 0 Å². The maximum atomic E-state index is 5.00. The van der Waals surface area contributed by atoms with Gasteiger partial charge < -0.3 is 4.57 Å². The summed E-state index contributed by atoms with van der Waals surface area (Å²) in [5.41, 5.74) is 19.0. The van der Waals surface area contributed by atoms with Gasteiger partial charge in [-0.25, -0.2) is 15.0 Å². The van der Waals surface area contributed by atoms with Crippen LogP contribution in [0.2, 0.25) is 0 Å². The van der Waals surface area contributed by atoms with Gasteiger partial charge in [0.05, 0.1) is 11.0 Å². The lowest BCUT2D eigenvalue weighted by atomic mass is 9.92. The van der Waals surface area contributed by atoms with Crippen LogP contribution in [0, 0.1) is 41.5 Å². The first-order chi connectivity index (χ1) is 26.7. The third-order valence-corrected chi connectivity index (χ3v) is 10.8. The summed E-state index contributed by atoms with van der Waals surface area (Å²) in [6.45, 7) is 13.2. The second kappa shape index (κ2) is 13.6. The van der Waals surface area contributed by atoms with E-state index in [2.05, 4.69) is 131 Å². The highest BCUT2D eigenvalue weighted by Gasteiger charge is 2.18. The molecule has 266 valence electrons. The van der Waals surface area contributed by atoms with Crippen LogP contribution in [0.5, 0.6) is 0 Å². The lowest BCUT2D eigenvalue weighted by molar-refractivity contribution is 1.07. The Hall–Kier alpha value is -6.65. The summed E-state index contributed by atoms with van der Waals surface area (Å²) < 4.78 is 2.43. The first-order valence-corrected chi connectivity index (χ1v) is 18.9. The van der Waals surface area contributed by atoms with Gasteiger partial charge in [-0.2, -0.15) is 0 Å². The SMILES string of the molecule is Cc1cc(C)c(-c2ccc3c4ccc(-c5c(C)cc(C)cc5C)cc4n(-c4ccc(-c5nc(-c6ccccc6)nc(-c6ccccc6)n5)cc4)c3c2)c(C)c1. The van der Waals surface area contributed by atoms with Gasteiger partial charge in [-0.05, 0) is 122 Å². The highest BCUT2D eigenvalue weighted by molar-refractivity contribution is 6.11. The first kappa shape index (κ1) is 34.1. The van der Waals surface area contributed by atoms with Gasteiger partial charge in [-0.1, -0.05) is 120 Å². The molecule has 4 heteroatoms. The Balaban J connectivity index is 1.24. The van der Waals surface area contributed by atoms with Gasteiger partial charge in [0.25, 0.3) is 0 Å². The zero-order valence-electron chi connectivity index (χ0n) is 32.1. The number of nitrogens with zero attached hydrogens (tertiary/aromatic N) is 4. The normalized spacial score (nSPS) is 11.5. The van der Waals surface area contributed by atoms with E-state index in [1.807, 2.05) is 60.7 Å². The number of benzene rings is 7. The molecule has 0 radical (unpaired) electrons. The van der Waals surface area contributed by atoms with Crippen molar-refractivity contribution in [3.05, 3.63) is 179 Å². The molecule has 0 amide bonds. The molecule has 0 unspecified atom stereocenters. The highest BCUT2D eigenvalue weighted by Crippen LogP contribution is 2.40. The molecule has 0 bridgehead atoms. The Labute approximate surface area is 322 Å². The van der Waals surface area contributed by atoms with Crippen LogP contribution in [-0.4, -0.2) is 19.5 Å². The van der Waals surface area contributed by atoms with E-state index in [9.17, 15) is 0 Å². The van der Waals surface area contributed by atoms with Gasteiger partial charge in [0.1, 0.15) is 0 Å². The smallest absolute Gasteiger partial charge is 0.164 e. The maximum absolute atomic E-state index is 5.00. The molecule has 0 atom stereocenters. The van der Waals surface area contributed by atoms with Crippen molar-refractivity contribution in [2.75, 3.05) is 0 Å². The van der Waals surface area contributed by atoms with Gasteiger partial charge >= 0.3 is 0 Å². The van der Waals surface area contributed by atoms with Gasteiger partial charge in [0.15, 0.2) is 17.5 Å². The van der Waals surface area contributed by atoms with Crippen LogP contribution in [0.25, 0.3) is 83.9 Å². The quantitative estimate of drug-likeness (QED) is 0.173. The third kappa shape index (κ3) is 6.20. The first-order valence-electron chi connectivity index (χ1n) is 18.9. The molecule has 7 aromatic carbocycles. The number of hydrogen-bond donors (Lipinski definition) is 0. The molecule has 4 nitrogen and oxygen atoms in total. The predicted octanol–water partition coefficient (Wildman–Crippen LogP) is 13.2. The fourth-order valence-electron chi connectivity index (χ4n) is 8.58. The molecule has 0 aliphatic carbocycles. The number of fused-ring (bicyclic) bond motifs is 3. The molecule has 0 N–H and O–H groups in total. The van der Waals surface area contributed by atoms with Crippen LogP contribution in [-0.2, 0) is 0 Å². The number of hydrogen-bond acceptors (Lipinski definition) is 3. The molecule has 55 heavy (non-hydrogen) atoms. The van der Waals surface area contributed by atoms with Gasteiger partial charge in [0, 0.05) is 33.2 Å². The zero-order valence-corrected chi connectivity index (χ0v) is 32.1. The lowest BCUT2D eigenvalue weighted by Crippen LogP contribution is -2.00. The molecule has 0 saturated carbocycles. The average Bonchev–Trinajstić information content (AvgIpc) is 3.50. The number of rotatable bonds is 6. The summed E-state index contributed by atoms with van der Waals surface area (Å²) in [5, 5.41) is 2.46. The topological polar surface area (TPSA) is 43.6 Å². The van der Waals surface area contributed by atoms with E-state index in [1.54, 1.807) is 0 Å². The molecule has 2 heterocycles. The second-order valence-corrected chi connectivity index (χ2v) is 14.9. The van der Waals surface area contributed by atoms with E-state index in [1.165, 1.54) is 77.4 Å². The van der Waals surface area contributed by atoms with Crippen LogP contribution in [0.1, 0.15) is 33.4 Å². The van der Waals surface area contributed by atoms with Crippen LogP contribution < -0.4 is 0 Å². The predicted molar refractivity (Wildman–Crippen MR) is 230 cm³/mol. The van der Waals surface area contributed by atoms with Crippen molar-refractivity contribution in [1.82, 2.24) is 19.5 Å². The van der Waals surface area contributed by atoms with Gasteiger partial charge in [0.2, 0.25) is 0 Å². The van der Waals surface area contributed by atoms with Crippen LogP contribution in [0.4, 0.5) is 0 Å². The van der Waals surface area contributed by atoms with Gasteiger partial charge in [-0.15, -0.1) is 0 Å². The Morgan fingerprint density at radius 3 is 1.07 bits per heavy atom. The Kier molecular flexibility index (Phi) is 8.47. The fraction of sp³-hybridized carbons (Fsp3) is 0.118. The van der Waals surface area contributed by atoms with E-state index in [4.69, 9.17) is 15.0 Å². The van der Waals surface area contributed by atoms with E-state index in [0.717, 1.165) is 22.4 Å². The highest BCUT2D eigenvalue weighted by atomic mass is 15.0. The molecule has 0 aliphatic rings. The second-order valence-electron chi connectivity index (χ2n) is 14.9. The summed E-state index contributed by atoms with van der Waals surface area (Å²) in [4.78, 5) is 14.9. The van der Waals surface area contributed by atoms with Crippen molar-refractivity contribution in [3.8, 4) is 62.1 Å². The van der Waals surface area contributed by atoms with Crippen molar-refractivity contribution >= 4 is 21.8 Å². The van der Waals surface area contributed by atoms with Crippen LogP contribution in [0.15, 0.2) is 146 Å². The van der Waals surface area contributed by atoms with E-state index >= 15 is 0 Å². The molecule has 0 aliphatic heterocycles. The molecular formula is C51H42N4. The molecule has 0 saturated heterocycles. The summed E-state index contributed by atoms with van der Waals surface area (Å²) in [6.07, 6.45) is 0. The zero-order chi connectivity index (χ0) is 37.8. The van der Waals surface area contributed by atoms with Crippen molar-refractivity contribution in [2.45, 2.75) is 41.5 Å². The molecule has 0 spiro atoms. The van der Waals surface area contributed by atoms with Crippen LogP contribution in [0.3, 0.4) is 0 Å². The van der Waals surface area contributed by atoms with Crippen molar-refractivity contribution < 1.29 is 0 Å². The number of aryl methyl sites for hydroxylation is 6. The average molecular weight is 711 g/mol. The summed E-state index contributed by atoms with van der Waals surface area (Å²) in [6, 6.07) is 52.0. The van der Waals surface area contributed by atoms with E-state index in [0.29, 0.717) is 17.5 Å². The third-order valence-electron chi connectivity index (χ3n) is 10.8. The van der Waals surface area contributed by atoms with Crippen LogP contribution >= 0.6 is 0 Å². The molecule has 2 aromatic heterocycles. The lowest BCUT2D eigenvalue weighted by Gasteiger charge is -2.14. The Bertz CT molecular complexity index is 2680. The van der Waals surface area contributed by atoms with E-state index in [-0.39, 0.29) is 0 Å². The largest absolute Gasteiger partial charge is 0.309 e. The standard InChI is InChI=1S/C51H42N4/c1-31-25-33(3)47(34(4)26-31)40-19-23-43-44-24-20-41(48-35(5)27-32(2)28-36(48)6)30-46(44)55(45(43)29-40)42-21-17-39(18-22-42)51-53-49(37-13-9-7-10-14-37)52-50(54-51)38-15-11-8-12-16-38/h7-30H,1-6H3. The minimum Gasteiger partial charge on any atom is -0.309 e. The summed E-state index contributed by atoms with van der Waals surface area (Å²) in [7, 11) is 0. The fourth-order valence-corrected chi connectivity index (χ4v) is 8.58. The Morgan fingerprint density at radius 1 is 0.345 bits per heavy atom. The molecule has 9 aromatic rings. The molecule has 0 fully saturated rings.